The van der Waals surface area contributed by atoms with Crippen molar-refractivity contribution < 1.29 is 9.59 Å². The summed E-state index contributed by atoms with van der Waals surface area (Å²) in [6, 6.07) is 5.31. The molecule has 0 bridgehead atoms. The molecule has 0 aliphatic heterocycles. The zero-order valence-corrected chi connectivity index (χ0v) is 10.7. The molecule has 6 nitrogen and oxygen atoms in total. The molecule has 0 saturated heterocycles. The predicted octanol–water partition coefficient (Wildman–Crippen LogP) is 1.93. The van der Waals surface area contributed by atoms with E-state index in [1.54, 1.807) is 18.3 Å². The second kappa shape index (κ2) is 5.34. The molecule has 0 aliphatic rings. The highest BCUT2D eigenvalue weighted by molar-refractivity contribution is 6.02. The van der Waals surface area contributed by atoms with Gasteiger partial charge in [-0.15, -0.1) is 0 Å². The molecular weight excluding hydrogens is 244 g/mol. The van der Waals surface area contributed by atoms with Crippen LogP contribution in [-0.2, 0) is 4.79 Å². The van der Waals surface area contributed by atoms with Crippen LogP contribution in [0.25, 0.3) is 0 Å². The van der Waals surface area contributed by atoms with Gasteiger partial charge in [0.15, 0.2) is 5.82 Å². The van der Waals surface area contributed by atoms with Crippen LogP contribution in [0.5, 0.6) is 0 Å². The van der Waals surface area contributed by atoms with Gasteiger partial charge in [0, 0.05) is 30.7 Å². The van der Waals surface area contributed by atoms with Crippen molar-refractivity contribution in [3.05, 3.63) is 42.0 Å². The minimum atomic E-state index is -0.326. The Balaban J connectivity index is 2.19. The number of imidazole rings is 1. The maximum atomic E-state index is 11.9. The summed E-state index contributed by atoms with van der Waals surface area (Å²) in [5.41, 5.74) is 2.16. The largest absolute Gasteiger partial charge is 0.341 e. The third kappa shape index (κ3) is 3.19. The summed E-state index contributed by atoms with van der Waals surface area (Å²) in [6.07, 6.45) is 3.09. The maximum absolute atomic E-state index is 11.9. The van der Waals surface area contributed by atoms with Crippen molar-refractivity contribution in [3.63, 3.8) is 0 Å². The van der Waals surface area contributed by atoms with Gasteiger partial charge in [0.2, 0.25) is 5.91 Å². The van der Waals surface area contributed by atoms with E-state index in [0.717, 1.165) is 5.56 Å². The van der Waals surface area contributed by atoms with Gasteiger partial charge < -0.3 is 15.6 Å². The monoisotopic (exact) mass is 258 g/mol. The molecule has 0 radical (unpaired) electrons. The summed E-state index contributed by atoms with van der Waals surface area (Å²) >= 11 is 0. The van der Waals surface area contributed by atoms with Crippen LogP contribution in [0.15, 0.2) is 30.6 Å². The van der Waals surface area contributed by atoms with E-state index < -0.39 is 0 Å². The van der Waals surface area contributed by atoms with Gasteiger partial charge in [0.05, 0.1) is 0 Å². The summed E-state index contributed by atoms with van der Waals surface area (Å²) < 4.78 is 0. The Labute approximate surface area is 110 Å². The van der Waals surface area contributed by atoms with Crippen molar-refractivity contribution >= 4 is 23.2 Å². The number of aromatic amines is 1. The number of H-pyrrole nitrogens is 1. The number of anilines is 2. The van der Waals surface area contributed by atoms with Crippen LogP contribution in [-0.4, -0.2) is 21.8 Å². The number of carbonyl (C=O) groups is 2. The lowest BCUT2D eigenvalue weighted by Crippen LogP contribution is -2.15. The van der Waals surface area contributed by atoms with Crippen LogP contribution in [0, 0.1) is 6.92 Å². The summed E-state index contributed by atoms with van der Waals surface area (Å²) in [5.74, 6) is -0.246. The number of nitrogens with one attached hydrogen (secondary N) is 3. The number of amides is 2. The summed E-state index contributed by atoms with van der Waals surface area (Å²) in [7, 11) is 0. The predicted molar refractivity (Wildman–Crippen MR) is 72.0 cm³/mol. The zero-order chi connectivity index (χ0) is 13.8. The lowest BCUT2D eigenvalue weighted by Gasteiger charge is -2.10. The minimum absolute atomic E-state index is 0.160. The number of aromatic nitrogens is 2. The van der Waals surface area contributed by atoms with Gasteiger partial charge in [-0.2, -0.15) is 0 Å². The van der Waals surface area contributed by atoms with E-state index in [0.29, 0.717) is 11.4 Å². The number of aryl methyl sites for hydroxylation is 1. The lowest BCUT2D eigenvalue weighted by atomic mass is 10.1. The number of hydrogen-bond donors (Lipinski definition) is 3. The average molecular weight is 258 g/mol. The van der Waals surface area contributed by atoms with Crippen molar-refractivity contribution in [1.29, 1.82) is 0 Å². The molecule has 1 heterocycles. The number of carbonyl (C=O) groups excluding carboxylic acids is 2. The van der Waals surface area contributed by atoms with Gasteiger partial charge in [-0.1, -0.05) is 6.07 Å². The zero-order valence-electron chi connectivity index (χ0n) is 10.7. The number of hydrogen-bond acceptors (Lipinski definition) is 3. The van der Waals surface area contributed by atoms with Gasteiger partial charge in [-0.3, -0.25) is 9.59 Å². The fourth-order valence-electron chi connectivity index (χ4n) is 1.61. The molecule has 1 aromatic heterocycles. The average Bonchev–Trinajstić information content (AvgIpc) is 2.86. The van der Waals surface area contributed by atoms with Gasteiger partial charge >= 0.3 is 0 Å². The van der Waals surface area contributed by atoms with E-state index >= 15 is 0 Å². The summed E-state index contributed by atoms with van der Waals surface area (Å²) in [6.45, 7) is 3.30. The van der Waals surface area contributed by atoms with Crippen molar-refractivity contribution in [3.8, 4) is 0 Å². The molecule has 0 unspecified atom stereocenters. The summed E-state index contributed by atoms with van der Waals surface area (Å²) in [5, 5.41) is 5.41. The smallest absolute Gasteiger partial charge is 0.291 e. The first kappa shape index (κ1) is 12.8. The van der Waals surface area contributed by atoms with Crippen molar-refractivity contribution in [2.45, 2.75) is 13.8 Å². The van der Waals surface area contributed by atoms with Crippen molar-refractivity contribution in [1.82, 2.24) is 9.97 Å². The second-order valence-corrected chi connectivity index (χ2v) is 4.10. The number of benzene rings is 1. The first-order valence-electron chi connectivity index (χ1n) is 5.75. The van der Waals surface area contributed by atoms with Crippen molar-refractivity contribution in [2.24, 2.45) is 0 Å². The SMILES string of the molecule is CC(=O)Nc1ccc(C)c(NC(=O)c2ncc[nH]2)c1. The van der Waals surface area contributed by atoms with Crippen LogP contribution >= 0.6 is 0 Å². The molecule has 2 amide bonds. The van der Waals surface area contributed by atoms with Crippen LogP contribution < -0.4 is 10.6 Å². The molecule has 0 spiro atoms. The Kier molecular flexibility index (Phi) is 3.61. The molecule has 98 valence electrons. The van der Waals surface area contributed by atoms with E-state index in [1.807, 2.05) is 13.0 Å². The Morgan fingerprint density at radius 2 is 2.05 bits per heavy atom. The first-order valence-corrected chi connectivity index (χ1v) is 5.75. The molecule has 2 rings (SSSR count). The van der Waals surface area contributed by atoms with Gasteiger partial charge in [0.1, 0.15) is 0 Å². The molecule has 2 aromatic rings. The number of nitrogens with zero attached hydrogens (tertiary/aromatic N) is 1. The van der Waals surface area contributed by atoms with Gasteiger partial charge in [-0.25, -0.2) is 4.98 Å². The molecular formula is C13H14N4O2. The van der Waals surface area contributed by atoms with E-state index in [9.17, 15) is 9.59 Å². The van der Waals surface area contributed by atoms with Crippen LogP contribution in [0.3, 0.4) is 0 Å². The fourth-order valence-corrected chi connectivity index (χ4v) is 1.61. The first-order chi connectivity index (χ1) is 9.06. The molecule has 0 saturated carbocycles. The molecule has 1 aromatic carbocycles. The molecule has 19 heavy (non-hydrogen) atoms. The molecule has 0 aliphatic carbocycles. The van der Waals surface area contributed by atoms with E-state index in [1.165, 1.54) is 13.1 Å². The third-order valence-electron chi connectivity index (χ3n) is 2.52. The van der Waals surface area contributed by atoms with Crippen molar-refractivity contribution in [2.75, 3.05) is 10.6 Å². The lowest BCUT2D eigenvalue weighted by molar-refractivity contribution is -0.114. The normalized spacial score (nSPS) is 10.0. The number of rotatable bonds is 3. The quantitative estimate of drug-likeness (QED) is 0.786. The minimum Gasteiger partial charge on any atom is -0.341 e. The third-order valence-corrected chi connectivity index (χ3v) is 2.52. The highest BCUT2D eigenvalue weighted by Crippen LogP contribution is 2.20. The van der Waals surface area contributed by atoms with E-state index in [-0.39, 0.29) is 17.6 Å². The van der Waals surface area contributed by atoms with Gasteiger partial charge in [0.25, 0.3) is 5.91 Å². The van der Waals surface area contributed by atoms with Crippen LogP contribution in [0.2, 0.25) is 0 Å². The Morgan fingerprint density at radius 1 is 1.26 bits per heavy atom. The van der Waals surface area contributed by atoms with E-state index in [2.05, 4.69) is 20.6 Å². The van der Waals surface area contributed by atoms with Crippen LogP contribution in [0.4, 0.5) is 11.4 Å². The van der Waals surface area contributed by atoms with Crippen LogP contribution in [0.1, 0.15) is 23.1 Å². The van der Waals surface area contributed by atoms with Gasteiger partial charge in [-0.05, 0) is 24.6 Å². The highest BCUT2D eigenvalue weighted by Gasteiger charge is 2.10. The second-order valence-electron chi connectivity index (χ2n) is 4.10. The Bertz CT molecular complexity index is 605. The molecule has 3 N–H and O–H groups in total. The molecule has 6 heteroatoms. The standard InChI is InChI=1S/C13H14N4O2/c1-8-3-4-10(16-9(2)18)7-11(8)17-13(19)12-14-5-6-15-12/h3-7H,1-2H3,(H,14,15)(H,16,18)(H,17,19). The molecule has 0 atom stereocenters. The Morgan fingerprint density at radius 3 is 2.68 bits per heavy atom. The molecule has 0 fully saturated rings. The fraction of sp³-hybridized carbons (Fsp3) is 0.154. The Hall–Kier alpha value is -2.63. The van der Waals surface area contributed by atoms with E-state index in [4.69, 9.17) is 0 Å². The topological polar surface area (TPSA) is 86.9 Å². The summed E-state index contributed by atoms with van der Waals surface area (Å²) in [4.78, 5) is 29.5. The maximum Gasteiger partial charge on any atom is 0.291 e. The highest BCUT2D eigenvalue weighted by atomic mass is 16.2.